The molecule has 1 aromatic heterocycles. The van der Waals surface area contributed by atoms with Crippen LogP contribution in [0.15, 0.2) is 57.5 Å². The number of methoxy groups -OCH3 is 2. The first-order valence-electron chi connectivity index (χ1n) is 7.64. The predicted octanol–water partition coefficient (Wildman–Crippen LogP) is 4.11. The zero-order chi connectivity index (χ0) is 17.8. The standard InChI is InChI=1S/C18H18N4O3/c1-11-4-7-13(8-5-11)19-21-17-16(20-22-18(17)23)12-6-9-14(24-2)15(10-12)25-3/h4-10H,1-3H3,(H2,20,22,23). The van der Waals surface area contributed by atoms with Crippen LogP contribution in [0.5, 0.6) is 11.5 Å². The number of rotatable bonds is 5. The summed E-state index contributed by atoms with van der Waals surface area (Å²) in [6.45, 7) is 1.99. The normalized spacial score (nSPS) is 11.0. The van der Waals surface area contributed by atoms with Gasteiger partial charge in [-0.3, -0.25) is 15.0 Å². The minimum atomic E-state index is -0.347. The number of aromatic amines is 2. The van der Waals surface area contributed by atoms with E-state index in [0.29, 0.717) is 22.9 Å². The quantitative estimate of drug-likeness (QED) is 0.686. The Labute approximate surface area is 144 Å². The molecule has 0 aliphatic carbocycles. The maximum atomic E-state index is 12.1. The summed E-state index contributed by atoms with van der Waals surface area (Å²) in [5.74, 6) is 1.16. The molecular formula is C18H18N4O3. The lowest BCUT2D eigenvalue weighted by Crippen LogP contribution is -1.96. The largest absolute Gasteiger partial charge is 0.493 e. The van der Waals surface area contributed by atoms with E-state index >= 15 is 0 Å². The van der Waals surface area contributed by atoms with E-state index in [1.807, 2.05) is 37.3 Å². The summed E-state index contributed by atoms with van der Waals surface area (Å²) < 4.78 is 10.5. The topological polar surface area (TPSA) is 91.8 Å². The molecule has 0 radical (unpaired) electrons. The van der Waals surface area contributed by atoms with Gasteiger partial charge in [0.2, 0.25) is 0 Å². The maximum Gasteiger partial charge on any atom is 0.292 e. The Balaban J connectivity index is 1.99. The molecule has 2 aromatic carbocycles. The molecule has 128 valence electrons. The molecule has 0 saturated heterocycles. The minimum absolute atomic E-state index is 0.202. The monoisotopic (exact) mass is 338 g/mol. The van der Waals surface area contributed by atoms with Crippen molar-refractivity contribution in [2.24, 2.45) is 10.2 Å². The van der Waals surface area contributed by atoms with E-state index in [9.17, 15) is 4.79 Å². The second-order valence-electron chi connectivity index (χ2n) is 5.41. The van der Waals surface area contributed by atoms with Crippen molar-refractivity contribution in [2.45, 2.75) is 6.92 Å². The fourth-order valence-corrected chi connectivity index (χ4v) is 2.37. The van der Waals surface area contributed by atoms with E-state index in [1.54, 1.807) is 26.4 Å². The van der Waals surface area contributed by atoms with Gasteiger partial charge in [-0.05, 0) is 37.3 Å². The number of hydrogen-bond acceptors (Lipinski definition) is 5. The third kappa shape index (κ3) is 3.45. The first-order valence-corrected chi connectivity index (χ1v) is 7.64. The van der Waals surface area contributed by atoms with Crippen LogP contribution < -0.4 is 15.0 Å². The van der Waals surface area contributed by atoms with Crippen molar-refractivity contribution in [2.75, 3.05) is 14.2 Å². The second kappa shape index (κ2) is 7.04. The van der Waals surface area contributed by atoms with Crippen LogP contribution in [0.2, 0.25) is 0 Å². The number of ether oxygens (including phenoxy) is 2. The molecule has 3 rings (SSSR count). The molecular weight excluding hydrogens is 320 g/mol. The van der Waals surface area contributed by atoms with Gasteiger partial charge in [0, 0.05) is 5.56 Å². The number of H-pyrrole nitrogens is 2. The summed E-state index contributed by atoms with van der Waals surface area (Å²) in [5.41, 5.74) is 2.91. The molecule has 0 aliphatic heterocycles. The van der Waals surface area contributed by atoms with Crippen molar-refractivity contribution in [3.05, 3.63) is 58.4 Å². The van der Waals surface area contributed by atoms with E-state index in [1.165, 1.54) is 0 Å². The second-order valence-corrected chi connectivity index (χ2v) is 5.41. The highest BCUT2D eigenvalue weighted by atomic mass is 16.5. The molecule has 0 aliphatic rings. The van der Waals surface area contributed by atoms with E-state index in [0.717, 1.165) is 11.1 Å². The van der Waals surface area contributed by atoms with Gasteiger partial charge in [-0.15, -0.1) is 5.11 Å². The van der Waals surface area contributed by atoms with Gasteiger partial charge >= 0.3 is 0 Å². The van der Waals surface area contributed by atoms with Gasteiger partial charge in [-0.25, -0.2) is 0 Å². The van der Waals surface area contributed by atoms with Crippen LogP contribution in [0.3, 0.4) is 0 Å². The molecule has 0 unspecified atom stereocenters. The number of nitrogens with zero attached hydrogens (tertiary/aromatic N) is 2. The summed E-state index contributed by atoms with van der Waals surface area (Å²) in [7, 11) is 3.12. The Morgan fingerprint density at radius 2 is 1.60 bits per heavy atom. The number of aryl methyl sites for hydroxylation is 1. The summed E-state index contributed by atoms with van der Waals surface area (Å²) in [6, 6.07) is 12.9. The zero-order valence-electron chi connectivity index (χ0n) is 14.2. The lowest BCUT2D eigenvalue weighted by atomic mass is 10.1. The van der Waals surface area contributed by atoms with Crippen LogP contribution in [0.25, 0.3) is 11.3 Å². The first kappa shape index (κ1) is 16.5. The van der Waals surface area contributed by atoms with E-state index in [2.05, 4.69) is 20.4 Å². The van der Waals surface area contributed by atoms with E-state index < -0.39 is 0 Å². The third-order valence-electron chi connectivity index (χ3n) is 3.72. The number of hydrogen-bond donors (Lipinski definition) is 2. The minimum Gasteiger partial charge on any atom is -0.493 e. The molecule has 3 aromatic rings. The Hall–Kier alpha value is -3.35. The lowest BCUT2D eigenvalue weighted by Gasteiger charge is -2.08. The van der Waals surface area contributed by atoms with Gasteiger partial charge in [0.05, 0.1) is 25.6 Å². The molecule has 0 spiro atoms. The van der Waals surface area contributed by atoms with Gasteiger partial charge in [-0.1, -0.05) is 17.7 Å². The highest BCUT2D eigenvalue weighted by Gasteiger charge is 2.14. The van der Waals surface area contributed by atoms with E-state index in [4.69, 9.17) is 9.47 Å². The van der Waals surface area contributed by atoms with Crippen LogP contribution in [0, 0.1) is 6.92 Å². The Kier molecular flexibility index (Phi) is 4.65. The molecule has 0 bridgehead atoms. The van der Waals surface area contributed by atoms with E-state index in [-0.39, 0.29) is 11.2 Å². The number of azo groups is 1. The van der Waals surface area contributed by atoms with Gasteiger partial charge in [0.25, 0.3) is 5.56 Å². The van der Waals surface area contributed by atoms with Crippen LogP contribution in [-0.2, 0) is 0 Å². The van der Waals surface area contributed by atoms with Gasteiger partial charge < -0.3 is 9.47 Å². The number of benzene rings is 2. The average Bonchev–Trinajstić information content (AvgIpc) is 3.01. The highest BCUT2D eigenvalue weighted by Crippen LogP contribution is 2.34. The smallest absolute Gasteiger partial charge is 0.292 e. The Morgan fingerprint density at radius 1 is 0.880 bits per heavy atom. The van der Waals surface area contributed by atoms with Crippen molar-refractivity contribution < 1.29 is 9.47 Å². The summed E-state index contributed by atoms with van der Waals surface area (Å²) in [4.78, 5) is 12.1. The van der Waals surface area contributed by atoms with Crippen molar-refractivity contribution in [1.29, 1.82) is 0 Å². The van der Waals surface area contributed by atoms with Gasteiger partial charge in [-0.2, -0.15) is 5.11 Å². The van der Waals surface area contributed by atoms with Crippen LogP contribution in [-0.4, -0.2) is 24.4 Å². The fraction of sp³-hybridized carbons (Fsp3) is 0.167. The van der Waals surface area contributed by atoms with Crippen LogP contribution in [0.4, 0.5) is 11.4 Å². The average molecular weight is 338 g/mol. The van der Waals surface area contributed by atoms with Crippen molar-refractivity contribution in [3.63, 3.8) is 0 Å². The predicted molar refractivity (Wildman–Crippen MR) is 95.3 cm³/mol. The maximum absolute atomic E-state index is 12.1. The molecule has 0 amide bonds. The highest BCUT2D eigenvalue weighted by molar-refractivity contribution is 5.73. The molecule has 0 saturated carbocycles. The molecule has 7 heteroatoms. The molecule has 0 atom stereocenters. The molecule has 1 heterocycles. The Morgan fingerprint density at radius 3 is 2.28 bits per heavy atom. The molecule has 25 heavy (non-hydrogen) atoms. The van der Waals surface area contributed by atoms with Crippen LogP contribution in [0.1, 0.15) is 5.56 Å². The van der Waals surface area contributed by atoms with Crippen molar-refractivity contribution in [1.82, 2.24) is 10.2 Å². The molecule has 0 fully saturated rings. The van der Waals surface area contributed by atoms with Crippen LogP contribution >= 0.6 is 0 Å². The van der Waals surface area contributed by atoms with Crippen molar-refractivity contribution in [3.8, 4) is 22.8 Å². The Bertz CT molecular complexity index is 955. The SMILES string of the molecule is COc1ccc(-c2[nH][nH]c(=O)c2N=Nc2ccc(C)cc2)cc1OC. The molecule has 2 N–H and O–H groups in total. The number of aromatic nitrogens is 2. The summed E-state index contributed by atoms with van der Waals surface area (Å²) in [6.07, 6.45) is 0. The lowest BCUT2D eigenvalue weighted by molar-refractivity contribution is 0.355. The van der Waals surface area contributed by atoms with Crippen molar-refractivity contribution >= 4 is 11.4 Å². The third-order valence-corrected chi connectivity index (χ3v) is 3.72. The fourth-order valence-electron chi connectivity index (χ4n) is 2.37. The first-order chi connectivity index (χ1) is 12.1. The zero-order valence-corrected chi connectivity index (χ0v) is 14.2. The summed E-state index contributed by atoms with van der Waals surface area (Å²) in [5, 5.41) is 13.6. The summed E-state index contributed by atoms with van der Waals surface area (Å²) >= 11 is 0. The molecule has 7 nitrogen and oxygen atoms in total. The number of nitrogens with one attached hydrogen (secondary N) is 2. The van der Waals surface area contributed by atoms with Gasteiger partial charge in [0.1, 0.15) is 0 Å². The van der Waals surface area contributed by atoms with Gasteiger partial charge in [0.15, 0.2) is 17.2 Å².